The van der Waals surface area contributed by atoms with Crippen LogP contribution < -0.4 is 10.2 Å². The Bertz CT molecular complexity index is 1100. The number of benzene rings is 1. The van der Waals surface area contributed by atoms with Crippen LogP contribution in [0.25, 0.3) is 0 Å². The predicted octanol–water partition coefficient (Wildman–Crippen LogP) is 5.24. The molecule has 1 aromatic carbocycles. The standard InChI is InChI=1S/C25H31F3N4O2S2/c26-25(27,28)35-19-7-5-17(6-8-19)18-9-13-32(14-10-18)23-29-20-4-1-2-15-36(34)21(20)22(30-23)31-24(16-33)11-3-12-24/h5-8,18,33H,1-4,9-16H2,(H,29,30,31). The van der Waals surface area contributed by atoms with Gasteiger partial charge in [0, 0.05) is 23.7 Å². The van der Waals surface area contributed by atoms with E-state index in [2.05, 4.69) is 10.2 Å². The van der Waals surface area contributed by atoms with Crippen molar-refractivity contribution in [2.45, 2.75) is 78.1 Å². The highest BCUT2D eigenvalue weighted by molar-refractivity contribution is 8.00. The van der Waals surface area contributed by atoms with Gasteiger partial charge in [-0.3, -0.25) is 4.21 Å². The second kappa shape index (κ2) is 10.5. The number of halogens is 3. The third kappa shape index (κ3) is 5.67. The molecule has 2 aliphatic heterocycles. The lowest BCUT2D eigenvalue weighted by atomic mass is 9.77. The van der Waals surface area contributed by atoms with Crippen molar-refractivity contribution >= 4 is 34.3 Å². The molecule has 5 rings (SSSR count). The second-order valence-corrected chi connectivity index (χ2v) is 12.6. The number of anilines is 2. The van der Waals surface area contributed by atoms with Crippen LogP contribution in [0.1, 0.15) is 62.1 Å². The normalized spacial score (nSPS) is 22.4. The van der Waals surface area contributed by atoms with Gasteiger partial charge in [0.15, 0.2) is 0 Å². The van der Waals surface area contributed by atoms with Crippen LogP contribution in [0.2, 0.25) is 0 Å². The summed E-state index contributed by atoms with van der Waals surface area (Å²) in [6.45, 7) is 1.48. The van der Waals surface area contributed by atoms with E-state index in [1.165, 1.54) is 0 Å². The number of piperidine rings is 1. The van der Waals surface area contributed by atoms with Crippen LogP contribution in [-0.2, 0) is 17.2 Å². The minimum atomic E-state index is -4.28. The van der Waals surface area contributed by atoms with Crippen molar-refractivity contribution in [3.8, 4) is 0 Å². The van der Waals surface area contributed by atoms with Crippen LogP contribution in [0.5, 0.6) is 0 Å². The molecule has 11 heteroatoms. The number of thioether (sulfide) groups is 1. The summed E-state index contributed by atoms with van der Waals surface area (Å²) in [7, 11) is -1.17. The van der Waals surface area contributed by atoms with Gasteiger partial charge >= 0.3 is 5.51 Å². The summed E-state index contributed by atoms with van der Waals surface area (Å²) in [6, 6.07) is 6.70. The number of alkyl halides is 3. The zero-order valence-electron chi connectivity index (χ0n) is 20.0. The highest BCUT2D eigenvalue weighted by atomic mass is 32.2. The lowest BCUT2D eigenvalue weighted by molar-refractivity contribution is -0.0328. The summed E-state index contributed by atoms with van der Waals surface area (Å²) in [6.07, 6.45) is 7.03. The first-order valence-electron chi connectivity index (χ1n) is 12.5. The van der Waals surface area contributed by atoms with Crippen LogP contribution in [0.3, 0.4) is 0 Å². The average molecular weight is 541 g/mol. The van der Waals surface area contributed by atoms with Gasteiger partial charge in [-0.1, -0.05) is 12.1 Å². The molecule has 3 heterocycles. The number of aromatic nitrogens is 2. The number of hydrogen-bond donors (Lipinski definition) is 2. The number of nitrogens with one attached hydrogen (secondary N) is 1. The van der Waals surface area contributed by atoms with Crippen molar-refractivity contribution < 1.29 is 22.5 Å². The number of hydrogen-bond acceptors (Lipinski definition) is 7. The number of aliphatic hydroxyl groups is 1. The van der Waals surface area contributed by atoms with Crippen molar-refractivity contribution in [3.63, 3.8) is 0 Å². The number of aryl methyl sites for hydroxylation is 1. The van der Waals surface area contributed by atoms with Gasteiger partial charge in [0.1, 0.15) is 10.7 Å². The third-order valence-electron chi connectivity index (χ3n) is 7.50. The van der Waals surface area contributed by atoms with Gasteiger partial charge in [0.05, 0.1) is 28.6 Å². The maximum Gasteiger partial charge on any atom is 0.446 e. The monoisotopic (exact) mass is 540 g/mol. The summed E-state index contributed by atoms with van der Waals surface area (Å²) >= 11 is -0.0891. The Morgan fingerprint density at radius 2 is 1.83 bits per heavy atom. The smallest absolute Gasteiger partial charge is 0.394 e. The predicted molar refractivity (Wildman–Crippen MR) is 136 cm³/mol. The molecule has 0 amide bonds. The minimum absolute atomic E-state index is 0.0133. The molecule has 1 saturated carbocycles. The molecule has 196 valence electrons. The van der Waals surface area contributed by atoms with E-state index in [0.717, 1.165) is 75.7 Å². The highest BCUT2D eigenvalue weighted by Gasteiger charge is 2.38. The largest absolute Gasteiger partial charge is 0.446 e. The molecule has 0 radical (unpaired) electrons. The molecule has 3 aliphatic rings. The molecule has 1 saturated heterocycles. The SMILES string of the molecule is O=S1CCCCc2nc(N3CCC(c4ccc(SC(F)(F)F)cc4)CC3)nc(NC3(CO)CCC3)c21. The summed E-state index contributed by atoms with van der Waals surface area (Å²) < 4.78 is 50.9. The minimum Gasteiger partial charge on any atom is -0.394 e. The summed E-state index contributed by atoms with van der Waals surface area (Å²) in [5, 5.41) is 13.5. The van der Waals surface area contributed by atoms with E-state index >= 15 is 0 Å². The third-order valence-corrected chi connectivity index (χ3v) is 9.79. The lowest BCUT2D eigenvalue weighted by Gasteiger charge is -2.42. The fourth-order valence-electron chi connectivity index (χ4n) is 5.28. The maximum atomic E-state index is 13.0. The van der Waals surface area contributed by atoms with Crippen molar-refractivity contribution in [2.24, 2.45) is 0 Å². The van der Waals surface area contributed by atoms with Crippen LogP contribution in [0.4, 0.5) is 24.9 Å². The van der Waals surface area contributed by atoms with E-state index in [9.17, 15) is 22.5 Å². The van der Waals surface area contributed by atoms with Gasteiger partial charge in [0.2, 0.25) is 5.95 Å². The van der Waals surface area contributed by atoms with Crippen LogP contribution >= 0.6 is 11.8 Å². The Labute approximate surface area is 215 Å². The molecule has 0 bridgehead atoms. The first-order chi connectivity index (χ1) is 17.3. The highest BCUT2D eigenvalue weighted by Crippen LogP contribution is 2.40. The molecule has 1 unspecified atom stereocenters. The zero-order chi connectivity index (χ0) is 25.3. The molecule has 2 aromatic rings. The van der Waals surface area contributed by atoms with Gasteiger partial charge in [-0.15, -0.1) is 0 Å². The zero-order valence-corrected chi connectivity index (χ0v) is 21.7. The van der Waals surface area contributed by atoms with Crippen LogP contribution in [-0.4, -0.2) is 55.8 Å². The Hall–Kier alpha value is -1.85. The summed E-state index contributed by atoms with van der Waals surface area (Å²) in [5.41, 5.74) is -2.79. The van der Waals surface area contributed by atoms with E-state index < -0.39 is 21.8 Å². The van der Waals surface area contributed by atoms with Crippen LogP contribution in [0.15, 0.2) is 34.1 Å². The number of nitrogens with zero attached hydrogens (tertiary/aromatic N) is 3. The van der Waals surface area contributed by atoms with Crippen molar-refractivity contribution in [1.29, 1.82) is 0 Å². The fourth-order valence-corrected chi connectivity index (χ4v) is 7.21. The molecule has 1 aromatic heterocycles. The quantitative estimate of drug-likeness (QED) is 0.485. The van der Waals surface area contributed by atoms with Crippen molar-refractivity contribution in [1.82, 2.24) is 9.97 Å². The molecular weight excluding hydrogens is 509 g/mol. The molecule has 1 atom stereocenters. The Morgan fingerprint density at radius 3 is 2.44 bits per heavy atom. The van der Waals surface area contributed by atoms with Gasteiger partial charge in [-0.05, 0) is 86.7 Å². The summed E-state index contributed by atoms with van der Waals surface area (Å²) in [5.74, 6) is 2.09. The second-order valence-electron chi connectivity index (χ2n) is 9.95. The molecule has 0 spiro atoms. The maximum absolute atomic E-state index is 13.0. The average Bonchev–Trinajstić information content (AvgIpc) is 3.02. The number of fused-ring (bicyclic) bond motifs is 1. The lowest BCUT2D eigenvalue weighted by Crippen LogP contribution is -2.49. The number of aliphatic hydroxyl groups excluding tert-OH is 1. The van der Waals surface area contributed by atoms with E-state index in [0.29, 0.717) is 22.4 Å². The number of rotatable bonds is 6. The van der Waals surface area contributed by atoms with Gasteiger partial charge in [0.25, 0.3) is 0 Å². The van der Waals surface area contributed by atoms with E-state index in [-0.39, 0.29) is 29.2 Å². The fraction of sp³-hybridized carbons (Fsp3) is 0.600. The first kappa shape index (κ1) is 25.8. The molecule has 6 nitrogen and oxygen atoms in total. The van der Waals surface area contributed by atoms with Crippen molar-refractivity contribution in [2.75, 3.05) is 35.7 Å². The van der Waals surface area contributed by atoms with E-state index in [1.54, 1.807) is 24.3 Å². The van der Waals surface area contributed by atoms with Crippen molar-refractivity contribution in [3.05, 3.63) is 35.5 Å². The molecule has 2 fully saturated rings. The topological polar surface area (TPSA) is 78.4 Å². The first-order valence-corrected chi connectivity index (χ1v) is 14.7. The van der Waals surface area contributed by atoms with E-state index in [4.69, 9.17) is 9.97 Å². The van der Waals surface area contributed by atoms with Gasteiger partial charge < -0.3 is 15.3 Å². The van der Waals surface area contributed by atoms with Crippen LogP contribution in [0, 0.1) is 0 Å². The van der Waals surface area contributed by atoms with Gasteiger partial charge in [-0.25, -0.2) is 4.98 Å². The molecule has 36 heavy (non-hydrogen) atoms. The Morgan fingerprint density at radius 1 is 1.11 bits per heavy atom. The molecule has 1 aliphatic carbocycles. The molecular formula is C25H31F3N4O2S2. The molecule has 2 N–H and O–H groups in total. The van der Waals surface area contributed by atoms with Gasteiger partial charge in [-0.2, -0.15) is 18.2 Å². The Kier molecular flexibility index (Phi) is 7.51. The Balaban J connectivity index is 1.33. The van der Waals surface area contributed by atoms with E-state index in [1.807, 2.05) is 0 Å². The summed E-state index contributed by atoms with van der Waals surface area (Å²) in [4.78, 5) is 12.8.